The highest BCUT2D eigenvalue weighted by atomic mass is 16.5. The third-order valence-electron chi connectivity index (χ3n) is 3.60. The molecular weight excluding hydrogens is 260 g/mol. The van der Waals surface area contributed by atoms with Gasteiger partial charge in [0.2, 0.25) is 0 Å². The number of nitrogens with one attached hydrogen (secondary N) is 1. The van der Waals surface area contributed by atoms with Crippen molar-refractivity contribution in [3.63, 3.8) is 0 Å². The Hall–Kier alpha value is -0.120. The Labute approximate surface area is 133 Å². The molecule has 0 atom stereocenters. The predicted molar refractivity (Wildman–Crippen MR) is 93.9 cm³/mol. The van der Waals surface area contributed by atoms with Gasteiger partial charge in [-0.25, -0.2) is 0 Å². The lowest BCUT2D eigenvalue weighted by molar-refractivity contribution is 0.0770. The minimum Gasteiger partial charge on any atom is -0.379 e. The third kappa shape index (κ3) is 16.1. The van der Waals surface area contributed by atoms with Gasteiger partial charge in [0.05, 0.1) is 6.10 Å². The Kier molecular flexibility index (Phi) is 13.5. The molecule has 0 aliphatic rings. The van der Waals surface area contributed by atoms with Crippen LogP contribution < -0.4 is 5.32 Å². The summed E-state index contributed by atoms with van der Waals surface area (Å²) in [4.78, 5) is 2.62. The van der Waals surface area contributed by atoms with Crippen LogP contribution in [-0.2, 0) is 4.74 Å². The van der Waals surface area contributed by atoms with Crippen LogP contribution in [0.5, 0.6) is 0 Å². The summed E-state index contributed by atoms with van der Waals surface area (Å²) >= 11 is 0. The van der Waals surface area contributed by atoms with E-state index < -0.39 is 0 Å². The Morgan fingerprint density at radius 2 is 1.38 bits per heavy atom. The first-order chi connectivity index (χ1) is 9.91. The molecule has 0 heterocycles. The molecule has 0 radical (unpaired) electrons. The molecule has 3 heteroatoms. The predicted octanol–water partition coefficient (Wildman–Crippen LogP) is 3.79. The van der Waals surface area contributed by atoms with Gasteiger partial charge in [-0.3, -0.25) is 0 Å². The van der Waals surface area contributed by atoms with Gasteiger partial charge in [0.1, 0.15) is 0 Å². The molecule has 0 aliphatic heterocycles. The van der Waals surface area contributed by atoms with E-state index in [1.165, 1.54) is 32.5 Å². The molecular formula is C18H40N2O. The maximum absolute atomic E-state index is 5.55. The Bertz CT molecular complexity index is 205. The summed E-state index contributed by atoms with van der Waals surface area (Å²) in [5.74, 6) is 1.60. The van der Waals surface area contributed by atoms with Gasteiger partial charge < -0.3 is 15.0 Å². The lowest BCUT2D eigenvalue weighted by atomic mass is 10.1. The summed E-state index contributed by atoms with van der Waals surface area (Å²) in [7, 11) is 0. The number of hydrogen-bond acceptors (Lipinski definition) is 3. The lowest BCUT2D eigenvalue weighted by Crippen LogP contribution is -2.35. The molecule has 0 spiro atoms. The molecule has 0 amide bonds. The highest BCUT2D eigenvalue weighted by molar-refractivity contribution is 4.63. The van der Waals surface area contributed by atoms with Gasteiger partial charge in [-0.05, 0) is 64.6 Å². The van der Waals surface area contributed by atoms with Crippen molar-refractivity contribution in [3.8, 4) is 0 Å². The van der Waals surface area contributed by atoms with Gasteiger partial charge in [-0.1, -0.05) is 27.7 Å². The molecule has 0 bridgehead atoms. The number of nitrogens with zero attached hydrogens (tertiary/aromatic N) is 1. The maximum atomic E-state index is 5.55. The van der Waals surface area contributed by atoms with E-state index in [4.69, 9.17) is 4.74 Å². The molecule has 0 aliphatic carbocycles. The van der Waals surface area contributed by atoms with Gasteiger partial charge in [-0.15, -0.1) is 0 Å². The fraction of sp³-hybridized carbons (Fsp3) is 1.00. The molecule has 0 saturated heterocycles. The summed E-state index contributed by atoms with van der Waals surface area (Å²) in [6.07, 6.45) is 4.07. The molecule has 0 rings (SSSR count). The molecule has 0 saturated carbocycles. The van der Waals surface area contributed by atoms with Crippen molar-refractivity contribution in [2.24, 2.45) is 11.8 Å². The number of hydrogen-bond donors (Lipinski definition) is 1. The van der Waals surface area contributed by atoms with Crippen molar-refractivity contribution in [2.75, 3.05) is 39.3 Å². The van der Waals surface area contributed by atoms with E-state index in [0.717, 1.165) is 38.0 Å². The van der Waals surface area contributed by atoms with Crippen molar-refractivity contribution in [1.82, 2.24) is 10.2 Å². The quantitative estimate of drug-likeness (QED) is 0.494. The SMILES string of the molecule is CC(C)CCN(CCNCCCOC(C)C)CCC(C)C. The first-order valence-electron chi connectivity index (χ1n) is 8.96. The molecule has 128 valence electrons. The zero-order valence-corrected chi connectivity index (χ0v) is 15.5. The molecule has 0 aromatic carbocycles. The Balaban J connectivity index is 3.68. The van der Waals surface area contributed by atoms with E-state index in [1.807, 2.05) is 0 Å². The number of rotatable bonds is 14. The van der Waals surface area contributed by atoms with Crippen molar-refractivity contribution in [2.45, 2.75) is 66.9 Å². The van der Waals surface area contributed by atoms with Crippen molar-refractivity contribution >= 4 is 0 Å². The average Bonchev–Trinajstić information content (AvgIpc) is 2.39. The second-order valence-corrected chi connectivity index (χ2v) is 7.23. The van der Waals surface area contributed by atoms with Gasteiger partial charge in [-0.2, -0.15) is 0 Å². The van der Waals surface area contributed by atoms with Crippen LogP contribution in [0.4, 0.5) is 0 Å². The standard InChI is InChI=1S/C18H40N2O/c1-16(2)8-12-20(13-9-17(3)4)14-11-19-10-7-15-21-18(5)6/h16-19H,7-15H2,1-6H3. The summed E-state index contributed by atoms with van der Waals surface area (Å²) in [5.41, 5.74) is 0. The van der Waals surface area contributed by atoms with Gasteiger partial charge >= 0.3 is 0 Å². The van der Waals surface area contributed by atoms with Crippen LogP contribution in [0.25, 0.3) is 0 Å². The van der Waals surface area contributed by atoms with Crippen LogP contribution >= 0.6 is 0 Å². The van der Waals surface area contributed by atoms with Crippen molar-refractivity contribution in [3.05, 3.63) is 0 Å². The van der Waals surface area contributed by atoms with E-state index >= 15 is 0 Å². The summed E-state index contributed by atoms with van der Waals surface area (Å²) < 4.78 is 5.55. The van der Waals surface area contributed by atoms with E-state index in [2.05, 4.69) is 51.8 Å². The molecule has 0 aromatic rings. The smallest absolute Gasteiger partial charge is 0.0518 e. The fourth-order valence-electron chi connectivity index (χ4n) is 2.10. The van der Waals surface area contributed by atoms with Crippen LogP contribution in [0.2, 0.25) is 0 Å². The number of ether oxygens (including phenoxy) is 1. The fourth-order valence-corrected chi connectivity index (χ4v) is 2.10. The van der Waals surface area contributed by atoms with Crippen LogP contribution in [0.3, 0.4) is 0 Å². The van der Waals surface area contributed by atoms with Crippen LogP contribution in [0.15, 0.2) is 0 Å². The topological polar surface area (TPSA) is 24.5 Å². The van der Waals surface area contributed by atoms with Gasteiger partial charge in [0, 0.05) is 19.7 Å². The van der Waals surface area contributed by atoms with Crippen LogP contribution in [0.1, 0.15) is 60.8 Å². The monoisotopic (exact) mass is 300 g/mol. The van der Waals surface area contributed by atoms with E-state index in [-0.39, 0.29) is 0 Å². The first kappa shape index (κ1) is 20.9. The largest absolute Gasteiger partial charge is 0.379 e. The molecule has 0 unspecified atom stereocenters. The summed E-state index contributed by atoms with van der Waals surface area (Å²) in [6.45, 7) is 20.1. The molecule has 0 aromatic heterocycles. The maximum Gasteiger partial charge on any atom is 0.0518 e. The minimum absolute atomic E-state index is 0.354. The van der Waals surface area contributed by atoms with Gasteiger partial charge in [0.15, 0.2) is 0 Å². The molecule has 21 heavy (non-hydrogen) atoms. The van der Waals surface area contributed by atoms with Crippen molar-refractivity contribution < 1.29 is 4.74 Å². The summed E-state index contributed by atoms with van der Waals surface area (Å²) in [5, 5.41) is 3.54. The van der Waals surface area contributed by atoms with Crippen LogP contribution in [0, 0.1) is 11.8 Å². The van der Waals surface area contributed by atoms with E-state index in [0.29, 0.717) is 6.10 Å². The molecule has 3 nitrogen and oxygen atoms in total. The Morgan fingerprint density at radius 1 is 0.810 bits per heavy atom. The highest BCUT2D eigenvalue weighted by Gasteiger charge is 2.07. The average molecular weight is 301 g/mol. The van der Waals surface area contributed by atoms with Crippen molar-refractivity contribution in [1.29, 1.82) is 0 Å². The van der Waals surface area contributed by atoms with E-state index in [9.17, 15) is 0 Å². The second-order valence-electron chi connectivity index (χ2n) is 7.23. The zero-order valence-electron chi connectivity index (χ0n) is 15.5. The minimum atomic E-state index is 0.354. The van der Waals surface area contributed by atoms with Crippen LogP contribution in [-0.4, -0.2) is 50.3 Å². The third-order valence-corrected chi connectivity index (χ3v) is 3.60. The lowest BCUT2D eigenvalue weighted by Gasteiger charge is -2.24. The second kappa shape index (κ2) is 13.5. The van der Waals surface area contributed by atoms with Gasteiger partial charge in [0.25, 0.3) is 0 Å². The first-order valence-corrected chi connectivity index (χ1v) is 8.96. The normalized spacial score (nSPS) is 12.3. The Morgan fingerprint density at radius 3 is 1.86 bits per heavy atom. The van der Waals surface area contributed by atoms with E-state index in [1.54, 1.807) is 0 Å². The molecule has 0 fully saturated rings. The molecule has 1 N–H and O–H groups in total. The zero-order chi connectivity index (χ0) is 16.1. The summed E-state index contributed by atoms with van der Waals surface area (Å²) in [6, 6.07) is 0. The highest BCUT2D eigenvalue weighted by Crippen LogP contribution is 2.06.